The average Bonchev–Trinajstić information content (AvgIpc) is 3.26. The summed E-state index contributed by atoms with van der Waals surface area (Å²) in [5.74, 6) is 1.31. The van der Waals surface area contributed by atoms with Gasteiger partial charge in [-0.15, -0.1) is 0 Å². The molecule has 1 aliphatic heterocycles. The number of benzene rings is 1. The van der Waals surface area contributed by atoms with E-state index in [4.69, 9.17) is 0 Å². The van der Waals surface area contributed by atoms with E-state index in [9.17, 15) is 9.59 Å². The van der Waals surface area contributed by atoms with Crippen molar-refractivity contribution in [1.82, 2.24) is 29.5 Å². The molecule has 9 nitrogen and oxygen atoms in total. The summed E-state index contributed by atoms with van der Waals surface area (Å²) in [6, 6.07) is 13.5. The van der Waals surface area contributed by atoms with Gasteiger partial charge in [-0.25, -0.2) is 19.0 Å². The number of nitrogens with zero attached hydrogens (tertiary/aromatic N) is 6. The van der Waals surface area contributed by atoms with Crippen LogP contribution in [-0.2, 0) is 4.79 Å². The van der Waals surface area contributed by atoms with Crippen molar-refractivity contribution in [3.8, 4) is 5.69 Å². The standard InChI is InChI=1S/C26H35N7O2/c1-19(2)16-28-25(34)24(21-8-6-5-7-9-21)31-14-12-30(13-15-31)23-11-10-22(17-27-23)32-18-29-33(20(3)4)26(32)35/h5-11,17-20,24H,12-16H2,1-4H3,(H,28,34). The summed E-state index contributed by atoms with van der Waals surface area (Å²) >= 11 is 0. The van der Waals surface area contributed by atoms with E-state index >= 15 is 0 Å². The number of anilines is 1. The minimum atomic E-state index is -0.309. The maximum absolute atomic E-state index is 13.1. The normalized spacial score (nSPS) is 15.5. The van der Waals surface area contributed by atoms with E-state index in [2.05, 4.69) is 39.0 Å². The van der Waals surface area contributed by atoms with Crippen LogP contribution in [0.3, 0.4) is 0 Å². The molecular weight excluding hydrogens is 442 g/mol. The highest BCUT2D eigenvalue weighted by atomic mass is 16.2. The molecule has 1 fully saturated rings. The maximum atomic E-state index is 13.1. The zero-order valence-electron chi connectivity index (χ0n) is 21.0. The summed E-state index contributed by atoms with van der Waals surface area (Å²) in [7, 11) is 0. The first-order valence-electron chi connectivity index (χ1n) is 12.3. The number of amides is 1. The number of piperazine rings is 1. The van der Waals surface area contributed by atoms with Crippen LogP contribution in [0.1, 0.15) is 45.3 Å². The van der Waals surface area contributed by atoms with E-state index in [0.717, 1.165) is 37.6 Å². The number of nitrogens with one attached hydrogen (secondary N) is 1. The molecule has 9 heteroatoms. The van der Waals surface area contributed by atoms with Gasteiger partial charge in [-0.1, -0.05) is 44.2 Å². The van der Waals surface area contributed by atoms with Crippen LogP contribution in [0.25, 0.3) is 5.69 Å². The predicted molar refractivity (Wildman–Crippen MR) is 137 cm³/mol. The third-order valence-corrected chi connectivity index (χ3v) is 6.24. The number of rotatable bonds is 8. The monoisotopic (exact) mass is 477 g/mol. The largest absolute Gasteiger partial charge is 0.354 e. The molecule has 3 aromatic rings. The minimum Gasteiger partial charge on any atom is -0.354 e. The zero-order chi connectivity index (χ0) is 24.9. The zero-order valence-corrected chi connectivity index (χ0v) is 21.0. The Kier molecular flexibility index (Phi) is 7.65. The van der Waals surface area contributed by atoms with Gasteiger partial charge < -0.3 is 10.2 Å². The van der Waals surface area contributed by atoms with E-state index < -0.39 is 0 Å². The van der Waals surface area contributed by atoms with Gasteiger partial charge in [-0.2, -0.15) is 5.10 Å². The molecular formula is C26H35N7O2. The van der Waals surface area contributed by atoms with Gasteiger partial charge in [0.1, 0.15) is 18.2 Å². The third kappa shape index (κ3) is 5.62. The Balaban J connectivity index is 1.44. The second-order valence-electron chi connectivity index (χ2n) is 9.67. The van der Waals surface area contributed by atoms with Gasteiger partial charge in [0.05, 0.1) is 17.9 Å². The SMILES string of the molecule is CC(C)CNC(=O)C(c1ccccc1)N1CCN(c2ccc(-n3cnn(C(C)C)c3=O)cn2)CC1. The Morgan fingerprint density at radius 1 is 1.00 bits per heavy atom. The molecule has 0 aliphatic carbocycles. The number of carbonyl (C=O) groups excluding carboxylic acids is 1. The molecule has 1 unspecified atom stereocenters. The topological polar surface area (TPSA) is 88.3 Å². The van der Waals surface area contributed by atoms with Crippen LogP contribution in [0, 0.1) is 5.92 Å². The summed E-state index contributed by atoms with van der Waals surface area (Å²) in [6.45, 7) is 11.7. The smallest absolute Gasteiger partial charge is 0.350 e. The molecule has 1 N–H and O–H groups in total. The Morgan fingerprint density at radius 2 is 1.71 bits per heavy atom. The van der Waals surface area contributed by atoms with Crippen LogP contribution in [0.15, 0.2) is 59.8 Å². The van der Waals surface area contributed by atoms with Gasteiger partial charge in [0, 0.05) is 32.7 Å². The number of aromatic nitrogens is 4. The fourth-order valence-corrected chi connectivity index (χ4v) is 4.33. The molecule has 1 amide bonds. The van der Waals surface area contributed by atoms with Crippen LogP contribution in [0.4, 0.5) is 5.82 Å². The summed E-state index contributed by atoms with van der Waals surface area (Å²) in [4.78, 5) is 34.7. The lowest BCUT2D eigenvalue weighted by atomic mass is 10.0. The van der Waals surface area contributed by atoms with Crippen molar-refractivity contribution in [2.24, 2.45) is 5.92 Å². The second-order valence-corrected chi connectivity index (χ2v) is 9.67. The maximum Gasteiger partial charge on any atom is 0.350 e. The molecule has 1 saturated heterocycles. The lowest BCUT2D eigenvalue weighted by Gasteiger charge is -2.39. The van der Waals surface area contributed by atoms with Gasteiger partial charge in [-0.05, 0) is 37.5 Å². The van der Waals surface area contributed by atoms with Crippen LogP contribution >= 0.6 is 0 Å². The predicted octanol–water partition coefficient (Wildman–Crippen LogP) is 2.65. The van der Waals surface area contributed by atoms with Crippen molar-refractivity contribution in [1.29, 1.82) is 0 Å². The van der Waals surface area contributed by atoms with E-state index in [1.165, 1.54) is 15.6 Å². The van der Waals surface area contributed by atoms with E-state index in [1.54, 1.807) is 6.20 Å². The van der Waals surface area contributed by atoms with Crippen molar-refractivity contribution in [2.45, 2.75) is 39.8 Å². The Hall–Kier alpha value is -3.46. The summed E-state index contributed by atoms with van der Waals surface area (Å²) in [5, 5.41) is 7.30. The highest BCUT2D eigenvalue weighted by Crippen LogP contribution is 2.24. The second kappa shape index (κ2) is 10.9. The van der Waals surface area contributed by atoms with E-state index in [-0.39, 0.29) is 23.7 Å². The van der Waals surface area contributed by atoms with Crippen molar-refractivity contribution in [2.75, 3.05) is 37.6 Å². The van der Waals surface area contributed by atoms with Gasteiger partial charge in [0.2, 0.25) is 5.91 Å². The fraction of sp³-hybridized carbons (Fsp3) is 0.462. The van der Waals surface area contributed by atoms with Crippen molar-refractivity contribution < 1.29 is 4.79 Å². The Morgan fingerprint density at radius 3 is 2.29 bits per heavy atom. The summed E-state index contributed by atoms with van der Waals surface area (Å²) in [5.41, 5.74) is 1.53. The molecule has 0 bridgehead atoms. The van der Waals surface area contributed by atoms with Gasteiger partial charge in [0.15, 0.2) is 0 Å². The molecule has 4 rings (SSSR count). The summed E-state index contributed by atoms with van der Waals surface area (Å²) < 4.78 is 2.96. The van der Waals surface area contributed by atoms with Gasteiger partial charge in [0.25, 0.3) is 0 Å². The first-order chi connectivity index (χ1) is 16.8. The van der Waals surface area contributed by atoms with E-state index in [0.29, 0.717) is 18.2 Å². The number of hydrogen-bond donors (Lipinski definition) is 1. The highest BCUT2D eigenvalue weighted by molar-refractivity contribution is 5.83. The molecule has 0 saturated carbocycles. The minimum absolute atomic E-state index is 0.000514. The number of pyridine rings is 1. The van der Waals surface area contributed by atoms with Crippen LogP contribution < -0.4 is 15.9 Å². The molecule has 1 aromatic carbocycles. The molecule has 3 heterocycles. The summed E-state index contributed by atoms with van der Waals surface area (Å²) in [6.07, 6.45) is 3.24. The van der Waals surface area contributed by atoms with Crippen molar-refractivity contribution in [3.05, 3.63) is 71.0 Å². The third-order valence-electron chi connectivity index (χ3n) is 6.24. The Bertz CT molecular complexity index is 1160. The average molecular weight is 478 g/mol. The quantitative estimate of drug-likeness (QED) is 0.537. The van der Waals surface area contributed by atoms with Gasteiger partial charge in [-0.3, -0.25) is 9.69 Å². The molecule has 186 valence electrons. The van der Waals surface area contributed by atoms with Gasteiger partial charge >= 0.3 is 5.69 Å². The fourth-order valence-electron chi connectivity index (χ4n) is 4.33. The van der Waals surface area contributed by atoms with Crippen molar-refractivity contribution >= 4 is 11.7 Å². The van der Waals surface area contributed by atoms with Crippen LogP contribution in [0.5, 0.6) is 0 Å². The molecule has 1 atom stereocenters. The molecule has 1 aliphatic rings. The lowest BCUT2D eigenvalue weighted by molar-refractivity contribution is -0.127. The number of carbonyl (C=O) groups is 1. The first-order valence-corrected chi connectivity index (χ1v) is 12.3. The molecule has 2 aromatic heterocycles. The number of hydrogen-bond acceptors (Lipinski definition) is 6. The lowest BCUT2D eigenvalue weighted by Crippen LogP contribution is -2.51. The Labute approximate surface area is 206 Å². The molecule has 0 radical (unpaired) electrons. The van der Waals surface area contributed by atoms with E-state index in [1.807, 2.05) is 56.3 Å². The first kappa shape index (κ1) is 24.7. The molecule has 0 spiro atoms. The van der Waals surface area contributed by atoms with Crippen molar-refractivity contribution in [3.63, 3.8) is 0 Å². The van der Waals surface area contributed by atoms with Crippen LogP contribution in [0.2, 0.25) is 0 Å². The highest BCUT2D eigenvalue weighted by Gasteiger charge is 2.30. The molecule has 35 heavy (non-hydrogen) atoms. The van der Waals surface area contributed by atoms with Crippen LogP contribution in [-0.4, -0.2) is 62.9 Å².